The zero-order valence-corrected chi connectivity index (χ0v) is 15.9. The molecule has 7 nitrogen and oxygen atoms in total. The summed E-state index contributed by atoms with van der Waals surface area (Å²) in [6.07, 6.45) is 4.06. The normalized spacial score (nSPS) is 12.5. The molecule has 0 spiro atoms. The number of carbonyl (C=O) groups is 1. The average Bonchev–Trinajstić information content (AvgIpc) is 3.13. The van der Waals surface area contributed by atoms with Crippen LogP contribution in [0.2, 0.25) is 0 Å². The summed E-state index contributed by atoms with van der Waals surface area (Å²) in [7, 11) is 0. The summed E-state index contributed by atoms with van der Waals surface area (Å²) in [6.45, 7) is 5.74. The number of para-hydroxylation sites is 1. The second-order valence-electron chi connectivity index (χ2n) is 6.52. The number of hydrogen-bond donors (Lipinski definition) is 2. The molecule has 0 bridgehead atoms. The van der Waals surface area contributed by atoms with E-state index >= 15 is 0 Å². The third kappa shape index (κ3) is 4.19. The van der Waals surface area contributed by atoms with E-state index < -0.39 is 0 Å². The van der Waals surface area contributed by atoms with E-state index in [1.165, 1.54) is 0 Å². The van der Waals surface area contributed by atoms with Crippen molar-refractivity contribution in [3.05, 3.63) is 30.6 Å². The van der Waals surface area contributed by atoms with Crippen LogP contribution in [0.3, 0.4) is 0 Å². The maximum absolute atomic E-state index is 11.4. The first-order valence-corrected chi connectivity index (χ1v) is 9.50. The minimum absolute atomic E-state index is 0.0780. The maximum atomic E-state index is 11.4. The number of nitrogens with two attached hydrogens (primary N) is 1. The number of anilines is 1. The summed E-state index contributed by atoms with van der Waals surface area (Å²) in [4.78, 5) is 20.4. The fourth-order valence-electron chi connectivity index (χ4n) is 3.29. The molecule has 1 atom stereocenters. The van der Waals surface area contributed by atoms with Crippen molar-refractivity contribution in [2.75, 3.05) is 25.5 Å². The van der Waals surface area contributed by atoms with Crippen LogP contribution in [-0.4, -0.2) is 40.2 Å². The summed E-state index contributed by atoms with van der Waals surface area (Å²) >= 11 is 0. The number of nitrogen functional groups attached to an aromatic ring is 1. The van der Waals surface area contributed by atoms with Crippen molar-refractivity contribution >= 4 is 33.7 Å². The van der Waals surface area contributed by atoms with Crippen molar-refractivity contribution in [1.29, 1.82) is 0 Å². The first-order valence-electron chi connectivity index (χ1n) is 9.50. The lowest BCUT2D eigenvalue weighted by Crippen LogP contribution is -2.24. The van der Waals surface area contributed by atoms with Gasteiger partial charge in [0.2, 0.25) is 5.91 Å². The molecule has 1 aromatic carbocycles. The smallest absolute Gasteiger partial charge is 0.219 e. The molecule has 1 unspecified atom stereocenters. The first-order chi connectivity index (χ1) is 13.2. The number of carbonyl (C=O) groups excluding carboxylic acids is 1. The van der Waals surface area contributed by atoms with E-state index in [9.17, 15) is 4.79 Å². The summed E-state index contributed by atoms with van der Waals surface area (Å²) in [5.74, 6) is 0.516. The van der Waals surface area contributed by atoms with Gasteiger partial charge in [-0.1, -0.05) is 25.1 Å². The fourth-order valence-corrected chi connectivity index (χ4v) is 3.29. The minimum atomic E-state index is 0.0780. The van der Waals surface area contributed by atoms with Gasteiger partial charge in [-0.3, -0.25) is 4.79 Å². The molecule has 2 heterocycles. The Bertz CT molecular complexity index is 921. The molecule has 3 rings (SSSR count). The van der Waals surface area contributed by atoms with Gasteiger partial charge in [0.1, 0.15) is 5.52 Å². The van der Waals surface area contributed by atoms with Gasteiger partial charge in [-0.2, -0.15) is 0 Å². The van der Waals surface area contributed by atoms with Crippen molar-refractivity contribution in [3.8, 4) is 0 Å². The molecule has 0 aliphatic heterocycles. The Hall–Kier alpha value is -2.67. The molecule has 2 aromatic heterocycles. The first kappa shape index (κ1) is 19.1. The summed E-state index contributed by atoms with van der Waals surface area (Å²) < 4.78 is 7.87. The van der Waals surface area contributed by atoms with Crippen LogP contribution in [0.1, 0.15) is 39.2 Å². The third-order valence-electron chi connectivity index (χ3n) is 4.70. The molecular weight excluding hydrogens is 342 g/mol. The highest BCUT2D eigenvalue weighted by molar-refractivity contribution is 6.06. The maximum Gasteiger partial charge on any atom is 0.219 e. The number of hydrogen-bond acceptors (Lipinski definition) is 5. The van der Waals surface area contributed by atoms with Gasteiger partial charge in [0, 0.05) is 25.0 Å². The molecule has 0 saturated carbocycles. The predicted octanol–water partition coefficient (Wildman–Crippen LogP) is 3.05. The van der Waals surface area contributed by atoms with E-state index in [-0.39, 0.29) is 11.9 Å². The Morgan fingerprint density at radius 3 is 2.93 bits per heavy atom. The lowest BCUT2D eigenvalue weighted by atomic mass is 10.1. The molecule has 0 saturated heterocycles. The third-order valence-corrected chi connectivity index (χ3v) is 4.70. The Morgan fingerprint density at radius 1 is 1.33 bits per heavy atom. The second-order valence-corrected chi connectivity index (χ2v) is 6.52. The van der Waals surface area contributed by atoms with Gasteiger partial charge in [-0.15, -0.1) is 0 Å². The van der Waals surface area contributed by atoms with Crippen molar-refractivity contribution < 1.29 is 9.53 Å². The molecule has 3 N–H and O–H groups in total. The van der Waals surface area contributed by atoms with Crippen LogP contribution < -0.4 is 11.1 Å². The van der Waals surface area contributed by atoms with E-state index in [0.717, 1.165) is 34.8 Å². The number of imidazole rings is 1. The summed E-state index contributed by atoms with van der Waals surface area (Å²) in [5, 5.41) is 3.96. The second kappa shape index (κ2) is 8.81. The fraction of sp³-hybridized carbons (Fsp3) is 0.450. The molecule has 1 amide bonds. The highest BCUT2D eigenvalue weighted by Crippen LogP contribution is 2.30. The number of nitrogens with zero attached hydrogens (tertiary/aromatic N) is 3. The van der Waals surface area contributed by atoms with Crippen LogP contribution in [0, 0.1) is 0 Å². The zero-order valence-electron chi connectivity index (χ0n) is 15.9. The Labute approximate surface area is 158 Å². The standard InChI is InChI=1S/C20H27N5O2/c1-3-17(26)22-11-7-8-14(12-27-4-2)25-13-23-18-19(25)15-9-5-6-10-16(15)24-20(18)21/h5-6,9-10,13-14H,3-4,7-8,11-12H2,1-2H3,(H2,21,24)(H,22,26). The zero-order chi connectivity index (χ0) is 19.2. The van der Waals surface area contributed by atoms with Crippen LogP contribution in [0.15, 0.2) is 30.6 Å². The van der Waals surface area contributed by atoms with Gasteiger partial charge < -0.3 is 20.4 Å². The lowest BCUT2D eigenvalue weighted by Gasteiger charge is -2.20. The Morgan fingerprint density at radius 2 is 2.15 bits per heavy atom. The predicted molar refractivity (Wildman–Crippen MR) is 108 cm³/mol. The number of ether oxygens (including phenoxy) is 1. The largest absolute Gasteiger partial charge is 0.382 e. The van der Waals surface area contributed by atoms with Crippen molar-refractivity contribution in [3.63, 3.8) is 0 Å². The van der Waals surface area contributed by atoms with Gasteiger partial charge in [0.15, 0.2) is 5.82 Å². The molecule has 27 heavy (non-hydrogen) atoms. The van der Waals surface area contributed by atoms with Crippen molar-refractivity contribution in [1.82, 2.24) is 19.9 Å². The van der Waals surface area contributed by atoms with Gasteiger partial charge in [-0.05, 0) is 25.8 Å². The highest BCUT2D eigenvalue weighted by Gasteiger charge is 2.18. The monoisotopic (exact) mass is 369 g/mol. The van der Waals surface area contributed by atoms with Crippen molar-refractivity contribution in [2.45, 2.75) is 39.2 Å². The number of nitrogens with one attached hydrogen (secondary N) is 1. The molecule has 3 aromatic rings. The van der Waals surface area contributed by atoms with E-state index in [4.69, 9.17) is 10.5 Å². The molecule has 0 aliphatic carbocycles. The van der Waals surface area contributed by atoms with Crippen molar-refractivity contribution in [2.24, 2.45) is 0 Å². The Kier molecular flexibility index (Phi) is 6.24. The Balaban J connectivity index is 1.91. The number of rotatable bonds is 9. The molecule has 0 aliphatic rings. The van der Waals surface area contributed by atoms with E-state index in [1.54, 1.807) is 0 Å². The molecule has 7 heteroatoms. The van der Waals surface area contributed by atoms with Crippen LogP contribution in [0.25, 0.3) is 21.9 Å². The van der Waals surface area contributed by atoms with Gasteiger partial charge in [0.05, 0.1) is 30.0 Å². The molecule has 0 radical (unpaired) electrons. The topological polar surface area (TPSA) is 95.1 Å². The van der Waals surface area contributed by atoms with E-state index in [2.05, 4.69) is 19.9 Å². The van der Waals surface area contributed by atoms with Crippen LogP contribution in [0.4, 0.5) is 5.82 Å². The van der Waals surface area contributed by atoms with E-state index in [1.807, 2.05) is 44.4 Å². The van der Waals surface area contributed by atoms with Gasteiger partial charge >= 0.3 is 0 Å². The van der Waals surface area contributed by atoms with Gasteiger partial charge in [-0.25, -0.2) is 9.97 Å². The van der Waals surface area contributed by atoms with Crippen LogP contribution in [0.5, 0.6) is 0 Å². The number of pyridine rings is 1. The van der Waals surface area contributed by atoms with Crippen LogP contribution in [-0.2, 0) is 9.53 Å². The number of benzene rings is 1. The number of fused-ring (bicyclic) bond motifs is 3. The average molecular weight is 369 g/mol. The van der Waals surface area contributed by atoms with E-state index in [0.29, 0.717) is 32.0 Å². The molecular formula is C20H27N5O2. The quantitative estimate of drug-likeness (QED) is 0.565. The minimum Gasteiger partial charge on any atom is -0.382 e. The van der Waals surface area contributed by atoms with Gasteiger partial charge in [0.25, 0.3) is 0 Å². The highest BCUT2D eigenvalue weighted by atomic mass is 16.5. The summed E-state index contributed by atoms with van der Waals surface area (Å²) in [6, 6.07) is 8.06. The SMILES string of the molecule is CCOCC(CCCNC(=O)CC)n1cnc2c(N)nc3ccccc3c21. The molecule has 144 valence electrons. The number of amides is 1. The molecule has 0 fully saturated rings. The summed E-state index contributed by atoms with van der Waals surface area (Å²) in [5.41, 5.74) is 8.70. The van der Waals surface area contributed by atoms with Crippen LogP contribution >= 0.6 is 0 Å². The lowest BCUT2D eigenvalue weighted by molar-refractivity contribution is -0.120. The number of aromatic nitrogens is 3.